The third-order valence-electron chi connectivity index (χ3n) is 3.12. The topological polar surface area (TPSA) is 59.8 Å². The smallest absolute Gasteiger partial charge is 0.309 e. The van der Waals surface area contributed by atoms with Gasteiger partial charge in [-0.25, -0.2) is 4.98 Å². The summed E-state index contributed by atoms with van der Waals surface area (Å²) in [5, 5.41) is 6.12. The predicted molar refractivity (Wildman–Crippen MR) is 89.4 cm³/mol. The van der Waals surface area contributed by atoms with Gasteiger partial charge in [-0.2, -0.15) is 18.3 Å². The average molecular weight is 470 g/mol. The molecule has 10 heteroatoms. The van der Waals surface area contributed by atoms with Crippen molar-refractivity contribution in [2.45, 2.75) is 32.0 Å². The molecule has 0 saturated carbocycles. The Hall–Kier alpha value is -1.42. The summed E-state index contributed by atoms with van der Waals surface area (Å²) in [5.41, 5.74) is -1.06. The fourth-order valence-corrected chi connectivity index (χ4v) is 2.79. The Labute approximate surface area is 152 Å². The van der Waals surface area contributed by atoms with E-state index in [4.69, 9.17) is 0 Å². The number of rotatable bonds is 5. The highest BCUT2D eigenvalue weighted by molar-refractivity contribution is 9.10. The van der Waals surface area contributed by atoms with Crippen LogP contribution in [-0.2, 0) is 11.0 Å². The maximum absolute atomic E-state index is 12.9. The Morgan fingerprint density at radius 3 is 2.58 bits per heavy atom. The summed E-state index contributed by atoms with van der Waals surface area (Å²) >= 11 is 6.07. The molecule has 0 radical (unpaired) electrons. The largest absolute Gasteiger partial charge is 0.436 e. The van der Waals surface area contributed by atoms with Gasteiger partial charge in [-0.3, -0.25) is 9.48 Å². The average Bonchev–Trinajstić information content (AvgIpc) is 2.88. The molecule has 2 heterocycles. The molecular formula is C14H13Br2F3N4O. The molecule has 130 valence electrons. The van der Waals surface area contributed by atoms with Gasteiger partial charge in [0.25, 0.3) is 0 Å². The van der Waals surface area contributed by atoms with Crippen molar-refractivity contribution >= 4 is 43.6 Å². The number of alkyl halides is 3. The van der Waals surface area contributed by atoms with Crippen molar-refractivity contribution in [3.63, 3.8) is 0 Å². The lowest BCUT2D eigenvalue weighted by Gasteiger charge is -2.16. The van der Waals surface area contributed by atoms with E-state index in [2.05, 4.69) is 47.3 Å². The number of pyridine rings is 1. The van der Waals surface area contributed by atoms with Crippen LogP contribution in [0.5, 0.6) is 0 Å². The van der Waals surface area contributed by atoms with Crippen LogP contribution in [0.3, 0.4) is 0 Å². The van der Waals surface area contributed by atoms with Crippen LogP contribution in [0, 0.1) is 0 Å². The third-order valence-corrected chi connectivity index (χ3v) is 4.17. The van der Waals surface area contributed by atoms with Gasteiger partial charge in [0.15, 0.2) is 5.69 Å². The molecule has 1 atom stereocenters. The second-order valence-corrected chi connectivity index (χ2v) is 6.73. The number of carbonyl (C=O) groups is 1. The van der Waals surface area contributed by atoms with Gasteiger partial charge in [-0.05, 0) is 50.4 Å². The number of hydrogen-bond acceptors (Lipinski definition) is 3. The van der Waals surface area contributed by atoms with Crippen LogP contribution in [-0.4, -0.2) is 20.7 Å². The number of amides is 1. The van der Waals surface area contributed by atoms with Crippen LogP contribution in [0.1, 0.15) is 31.5 Å². The highest BCUT2D eigenvalue weighted by Crippen LogP contribution is 2.34. The normalized spacial score (nSPS) is 12.9. The van der Waals surface area contributed by atoms with Crippen molar-refractivity contribution in [2.24, 2.45) is 0 Å². The first-order valence-corrected chi connectivity index (χ1v) is 8.55. The van der Waals surface area contributed by atoms with Gasteiger partial charge in [0, 0.05) is 16.9 Å². The molecule has 0 fully saturated rings. The molecular weight excluding hydrogens is 457 g/mol. The zero-order valence-electron chi connectivity index (χ0n) is 12.4. The fourth-order valence-electron chi connectivity index (χ4n) is 2.04. The van der Waals surface area contributed by atoms with Crippen molar-refractivity contribution in [2.75, 3.05) is 5.32 Å². The minimum absolute atomic E-state index is 0.203. The number of anilines is 1. The molecule has 2 rings (SSSR count). The Kier molecular flexibility index (Phi) is 6.02. The fraction of sp³-hybridized carbons (Fsp3) is 0.357. The van der Waals surface area contributed by atoms with Crippen LogP contribution in [0.25, 0.3) is 0 Å². The van der Waals surface area contributed by atoms with Crippen molar-refractivity contribution < 1.29 is 18.0 Å². The molecule has 1 amide bonds. The van der Waals surface area contributed by atoms with Crippen molar-refractivity contribution in [1.82, 2.24) is 14.8 Å². The second-order valence-electron chi connectivity index (χ2n) is 4.96. The van der Waals surface area contributed by atoms with Crippen molar-refractivity contribution in [3.05, 3.63) is 39.2 Å². The van der Waals surface area contributed by atoms with E-state index < -0.39 is 23.8 Å². The molecule has 0 aliphatic rings. The minimum atomic E-state index is -4.59. The van der Waals surface area contributed by atoms with Gasteiger partial charge < -0.3 is 5.32 Å². The summed E-state index contributed by atoms with van der Waals surface area (Å²) in [6.07, 6.45) is -0.975. The van der Waals surface area contributed by atoms with E-state index in [0.717, 1.165) is 15.4 Å². The molecule has 0 bridgehead atoms. The lowest BCUT2D eigenvalue weighted by atomic mass is 10.1. The Morgan fingerprint density at radius 2 is 2.08 bits per heavy atom. The summed E-state index contributed by atoms with van der Waals surface area (Å²) < 4.78 is 40.2. The minimum Gasteiger partial charge on any atom is -0.309 e. The zero-order chi connectivity index (χ0) is 17.9. The first-order chi connectivity index (χ1) is 11.2. The zero-order valence-corrected chi connectivity index (χ0v) is 15.6. The molecule has 0 aromatic carbocycles. The van der Waals surface area contributed by atoms with E-state index in [-0.39, 0.29) is 4.47 Å². The summed E-state index contributed by atoms with van der Waals surface area (Å²) in [6.45, 7) is 1.83. The van der Waals surface area contributed by atoms with Crippen LogP contribution < -0.4 is 5.32 Å². The van der Waals surface area contributed by atoms with Gasteiger partial charge in [0.2, 0.25) is 5.91 Å². The lowest BCUT2D eigenvalue weighted by molar-refractivity contribution is -0.142. The molecule has 2 aromatic heterocycles. The molecule has 1 N–H and O–H groups in total. The van der Waals surface area contributed by atoms with Crippen molar-refractivity contribution in [1.29, 1.82) is 0 Å². The quantitative estimate of drug-likeness (QED) is 0.684. The highest BCUT2D eigenvalue weighted by atomic mass is 79.9. The monoisotopic (exact) mass is 468 g/mol. The molecule has 0 aliphatic heterocycles. The molecule has 0 aliphatic carbocycles. The summed E-state index contributed by atoms with van der Waals surface area (Å²) in [5.74, 6) is -0.165. The molecule has 5 nitrogen and oxygen atoms in total. The standard InChI is InChI=1S/C14H13Br2F3N4O/c1-2-3-10(13(24)21-11-5-4-8(15)6-20-11)23-7-9(16)12(22-23)14(17,18)19/h4-7,10H,2-3H2,1H3,(H,20,21,24). The van der Waals surface area contributed by atoms with Gasteiger partial charge in [-0.15, -0.1) is 0 Å². The third kappa shape index (κ3) is 4.56. The second kappa shape index (κ2) is 7.64. The number of halogens is 5. The van der Waals surface area contributed by atoms with Gasteiger partial charge in [0.1, 0.15) is 11.9 Å². The maximum Gasteiger partial charge on any atom is 0.436 e. The first-order valence-electron chi connectivity index (χ1n) is 6.96. The van der Waals surface area contributed by atoms with Gasteiger partial charge in [-0.1, -0.05) is 13.3 Å². The van der Waals surface area contributed by atoms with Crippen molar-refractivity contribution in [3.8, 4) is 0 Å². The molecule has 0 spiro atoms. The van der Waals surface area contributed by atoms with E-state index >= 15 is 0 Å². The van der Waals surface area contributed by atoms with Crippen LogP contribution in [0.2, 0.25) is 0 Å². The van der Waals surface area contributed by atoms with Gasteiger partial charge in [0.05, 0.1) is 4.47 Å². The molecule has 2 aromatic rings. The Bertz CT molecular complexity index is 716. The SMILES string of the molecule is CCCC(C(=O)Nc1ccc(Br)cn1)n1cc(Br)c(C(F)(F)F)n1. The summed E-state index contributed by atoms with van der Waals surface area (Å²) in [7, 11) is 0. The highest BCUT2D eigenvalue weighted by Gasteiger charge is 2.37. The number of hydrogen-bond donors (Lipinski definition) is 1. The van der Waals surface area contributed by atoms with E-state index in [1.807, 2.05) is 6.92 Å². The maximum atomic E-state index is 12.9. The predicted octanol–water partition coefficient (Wildman–Crippen LogP) is 4.80. The number of nitrogens with zero attached hydrogens (tertiary/aromatic N) is 3. The van der Waals surface area contributed by atoms with E-state index in [1.54, 1.807) is 12.1 Å². The summed E-state index contributed by atoms with van der Waals surface area (Å²) in [6, 6.07) is 2.42. The molecule has 24 heavy (non-hydrogen) atoms. The van der Waals surface area contributed by atoms with Gasteiger partial charge >= 0.3 is 6.18 Å². The summed E-state index contributed by atoms with van der Waals surface area (Å²) in [4.78, 5) is 16.5. The van der Waals surface area contributed by atoms with Crippen LogP contribution in [0.15, 0.2) is 33.5 Å². The van der Waals surface area contributed by atoms with E-state index in [9.17, 15) is 18.0 Å². The van der Waals surface area contributed by atoms with Crippen LogP contribution >= 0.6 is 31.9 Å². The van der Waals surface area contributed by atoms with E-state index in [1.165, 1.54) is 6.20 Å². The Balaban J connectivity index is 2.25. The number of nitrogens with one attached hydrogen (secondary N) is 1. The molecule has 0 saturated heterocycles. The Morgan fingerprint density at radius 1 is 1.38 bits per heavy atom. The molecule has 1 unspecified atom stereocenters. The van der Waals surface area contributed by atoms with Crippen LogP contribution in [0.4, 0.5) is 19.0 Å². The lowest BCUT2D eigenvalue weighted by Crippen LogP contribution is -2.27. The first kappa shape index (κ1) is 18.9. The number of carbonyl (C=O) groups excluding carboxylic acids is 1. The number of aromatic nitrogens is 3. The van der Waals surface area contributed by atoms with E-state index in [0.29, 0.717) is 18.7 Å².